The third-order valence-electron chi connectivity index (χ3n) is 3.00. The molecule has 0 aliphatic heterocycles. The van der Waals surface area contributed by atoms with Crippen molar-refractivity contribution in [3.05, 3.63) is 21.6 Å². The molecule has 2 N–H and O–H groups in total. The van der Waals surface area contributed by atoms with Crippen LogP contribution in [0, 0.1) is 0 Å². The van der Waals surface area contributed by atoms with Gasteiger partial charge in [0.15, 0.2) is 16.5 Å². The molecule has 14 heteroatoms. The lowest BCUT2D eigenvalue weighted by Crippen LogP contribution is -2.03. The van der Waals surface area contributed by atoms with E-state index in [1.165, 1.54) is 18.0 Å². The normalized spacial score (nSPS) is 11.1. The summed E-state index contributed by atoms with van der Waals surface area (Å²) in [6.45, 7) is 0. The van der Waals surface area contributed by atoms with Gasteiger partial charge in [-0.2, -0.15) is 15.2 Å². The molecule has 0 aromatic carbocycles. The quantitative estimate of drug-likeness (QED) is 0.291. The van der Waals surface area contributed by atoms with Gasteiger partial charge < -0.3 is 0 Å². The van der Waals surface area contributed by atoms with Crippen LogP contribution < -0.4 is 0 Å². The molecule has 0 unspecified atom stereocenters. The number of aromatic amines is 2. The predicted octanol–water partition coefficient (Wildman–Crippen LogP) is 2.99. The first kappa shape index (κ1) is 21.7. The number of sulfone groups is 1. The average molecular weight is 538 g/mol. The van der Waals surface area contributed by atoms with E-state index in [2.05, 4.69) is 72.2 Å². The second-order valence-electron chi connectivity index (χ2n) is 4.83. The molecule has 10 nitrogen and oxygen atoms in total. The van der Waals surface area contributed by atoms with Gasteiger partial charge in [0, 0.05) is 18.6 Å². The Kier molecular flexibility index (Phi) is 6.88. The van der Waals surface area contributed by atoms with Crippen molar-refractivity contribution in [2.45, 2.75) is 17.7 Å². The minimum absolute atomic E-state index is 0. The summed E-state index contributed by atoms with van der Waals surface area (Å²) in [5.41, 5.74) is 1.02. The second-order valence-corrected chi connectivity index (χ2v) is 9.10. The Morgan fingerprint density at radius 2 is 1.48 bits per heavy atom. The maximum atomic E-state index is 11.1. The van der Waals surface area contributed by atoms with Gasteiger partial charge in [-0.3, -0.25) is 10.2 Å². The third kappa shape index (κ3) is 4.80. The Bertz CT molecular complexity index is 1190. The zero-order valence-corrected chi connectivity index (χ0v) is 18.0. The number of thioether (sulfide) groups is 1. The van der Waals surface area contributed by atoms with E-state index < -0.39 is 9.84 Å². The summed E-state index contributed by atoms with van der Waals surface area (Å²) >= 11 is 8.00. The molecule has 0 spiro atoms. The Morgan fingerprint density at radius 3 is 2.00 bits per heavy atom. The number of halogens is 2. The highest BCUT2D eigenvalue weighted by Crippen LogP contribution is 2.20. The van der Waals surface area contributed by atoms with Crippen molar-refractivity contribution in [2.75, 3.05) is 12.5 Å². The third-order valence-corrected chi connectivity index (χ3v) is 5.63. The van der Waals surface area contributed by atoms with Crippen LogP contribution in [0.4, 0.5) is 0 Å². The molecule has 4 aromatic rings. The molecule has 0 atom stereocenters. The molecule has 0 amide bonds. The van der Waals surface area contributed by atoms with Crippen LogP contribution in [0.15, 0.2) is 31.9 Å². The van der Waals surface area contributed by atoms with Crippen molar-refractivity contribution >= 4 is 75.5 Å². The van der Waals surface area contributed by atoms with Crippen LogP contribution in [0.25, 0.3) is 22.1 Å². The van der Waals surface area contributed by atoms with Crippen molar-refractivity contribution in [1.29, 1.82) is 0 Å². The number of aromatic nitrogens is 8. The highest BCUT2D eigenvalue weighted by molar-refractivity contribution is 9.10. The minimum Gasteiger partial charge on any atom is -0.269 e. The Hall–Kier alpha value is -1.64. The van der Waals surface area contributed by atoms with Crippen LogP contribution in [-0.4, -0.2) is 61.3 Å². The number of nitrogens with zero attached hydrogens (tertiary/aromatic N) is 6. The van der Waals surface area contributed by atoms with Crippen molar-refractivity contribution in [1.82, 2.24) is 40.3 Å². The van der Waals surface area contributed by atoms with E-state index in [4.69, 9.17) is 0 Å². The van der Waals surface area contributed by atoms with Gasteiger partial charge in [0.25, 0.3) is 0 Å². The highest BCUT2D eigenvalue weighted by Gasteiger charge is 2.13. The van der Waals surface area contributed by atoms with Crippen LogP contribution in [0.5, 0.6) is 0 Å². The monoisotopic (exact) mass is 536 g/mol. The number of fused-ring (bicyclic) bond motifs is 2. The van der Waals surface area contributed by atoms with Gasteiger partial charge >= 0.3 is 0 Å². The number of H-pyrrole nitrogens is 2. The van der Waals surface area contributed by atoms with Gasteiger partial charge in [0.2, 0.25) is 15.0 Å². The summed E-state index contributed by atoms with van der Waals surface area (Å²) in [6, 6.07) is 0. The molecule has 27 heavy (non-hydrogen) atoms. The van der Waals surface area contributed by atoms with Gasteiger partial charge in [0.05, 0.1) is 10.8 Å². The van der Waals surface area contributed by atoms with Crippen molar-refractivity contribution in [2.24, 2.45) is 0 Å². The van der Waals surface area contributed by atoms with E-state index in [0.29, 0.717) is 21.3 Å². The van der Waals surface area contributed by atoms with E-state index >= 15 is 0 Å². The van der Waals surface area contributed by atoms with Gasteiger partial charge in [-0.05, 0) is 38.1 Å². The van der Waals surface area contributed by atoms with Gasteiger partial charge in [0.1, 0.15) is 9.21 Å². The zero-order valence-electron chi connectivity index (χ0n) is 13.2. The van der Waals surface area contributed by atoms with Crippen molar-refractivity contribution in [3.63, 3.8) is 0 Å². The van der Waals surface area contributed by atoms with Gasteiger partial charge in [-0.1, -0.05) is 19.2 Å². The minimum atomic E-state index is -3.38. The standard InChI is InChI=1S/C6H5BrN4O2S.C6H5BrN4S.CH4/c1-14(12,13)6-8-2-3-4(7)10-11-5(3)9-6;1-12-6-8-2-3-4(7)10-11-5(3)9-6;/h2H,1H3,(H,8,9,10,11);2H,1H3,(H,8,9,10,11);1H4. The average Bonchev–Trinajstić information content (AvgIpc) is 3.17. The van der Waals surface area contributed by atoms with Gasteiger partial charge in [-0.15, -0.1) is 0 Å². The van der Waals surface area contributed by atoms with E-state index in [0.717, 1.165) is 21.4 Å². The predicted molar refractivity (Wildman–Crippen MR) is 110 cm³/mol. The van der Waals surface area contributed by atoms with Crippen LogP contribution in [0.1, 0.15) is 7.43 Å². The Balaban J connectivity index is 0.000000189. The highest BCUT2D eigenvalue weighted by atomic mass is 79.9. The first-order valence-electron chi connectivity index (χ1n) is 6.77. The molecule has 0 fully saturated rings. The largest absolute Gasteiger partial charge is 0.269 e. The summed E-state index contributed by atoms with van der Waals surface area (Å²) < 4.78 is 23.7. The van der Waals surface area contributed by atoms with Crippen LogP contribution >= 0.6 is 43.6 Å². The Labute approximate surface area is 175 Å². The fourth-order valence-corrected chi connectivity index (χ4v) is 3.37. The van der Waals surface area contributed by atoms with Crippen LogP contribution in [0.3, 0.4) is 0 Å². The van der Waals surface area contributed by atoms with E-state index in [-0.39, 0.29) is 12.6 Å². The number of rotatable bonds is 2. The molecule has 0 bridgehead atoms. The fraction of sp³-hybridized carbons (Fsp3) is 0.231. The summed E-state index contributed by atoms with van der Waals surface area (Å²) in [7, 11) is -3.38. The molecule has 0 radical (unpaired) electrons. The van der Waals surface area contributed by atoms with Crippen LogP contribution in [-0.2, 0) is 9.84 Å². The van der Waals surface area contributed by atoms with E-state index in [1.54, 1.807) is 6.20 Å². The molecule has 4 heterocycles. The van der Waals surface area contributed by atoms with Crippen molar-refractivity contribution in [3.8, 4) is 0 Å². The summed E-state index contributed by atoms with van der Waals surface area (Å²) in [5, 5.41) is 15.3. The molecular formula is C13H14Br2N8O2S2. The van der Waals surface area contributed by atoms with Gasteiger partial charge in [-0.25, -0.2) is 23.4 Å². The maximum absolute atomic E-state index is 11.1. The lowest BCUT2D eigenvalue weighted by Gasteiger charge is -1.94. The summed E-state index contributed by atoms with van der Waals surface area (Å²) in [6.07, 6.45) is 6.15. The summed E-state index contributed by atoms with van der Waals surface area (Å²) in [4.78, 5) is 15.8. The Morgan fingerprint density at radius 1 is 0.963 bits per heavy atom. The topological polar surface area (TPSA) is 143 Å². The maximum Gasteiger partial charge on any atom is 0.248 e. The van der Waals surface area contributed by atoms with E-state index in [1.807, 2.05) is 6.26 Å². The van der Waals surface area contributed by atoms with Crippen molar-refractivity contribution < 1.29 is 8.42 Å². The smallest absolute Gasteiger partial charge is 0.248 e. The SMILES string of the molecule is C.CS(=O)(=O)c1ncc2c(Br)[nH]nc2n1.CSc1ncc2c(Br)[nH]nc2n1. The molecular weight excluding hydrogens is 524 g/mol. The second kappa shape index (κ2) is 8.58. The lowest BCUT2D eigenvalue weighted by atomic mass is 10.5. The number of hydrogen-bond donors (Lipinski definition) is 2. The number of hydrogen-bond acceptors (Lipinski definition) is 9. The molecule has 144 valence electrons. The lowest BCUT2D eigenvalue weighted by molar-refractivity contribution is 0.593. The van der Waals surface area contributed by atoms with E-state index in [9.17, 15) is 8.42 Å². The molecule has 0 aliphatic carbocycles. The molecule has 4 rings (SSSR count). The molecule has 0 saturated carbocycles. The molecule has 0 aliphatic rings. The summed E-state index contributed by atoms with van der Waals surface area (Å²) in [5.74, 6) is 0. The number of nitrogens with one attached hydrogen (secondary N) is 2. The zero-order chi connectivity index (χ0) is 18.9. The first-order chi connectivity index (χ1) is 12.3. The molecule has 0 saturated heterocycles. The fourth-order valence-electron chi connectivity index (χ4n) is 1.80. The molecule has 4 aromatic heterocycles. The first-order valence-corrected chi connectivity index (χ1v) is 11.5. The van der Waals surface area contributed by atoms with Crippen LogP contribution in [0.2, 0.25) is 0 Å².